The average molecular weight is 251 g/mol. The SMILES string of the molecule is CCCNC(C)(C#N)CCN1CCC(C)C(C)C1. The van der Waals surface area contributed by atoms with Crippen molar-refractivity contribution in [3.63, 3.8) is 0 Å². The Morgan fingerprint density at radius 3 is 2.67 bits per heavy atom. The zero-order chi connectivity index (χ0) is 13.6. The first-order chi connectivity index (χ1) is 8.50. The number of nitrogens with zero attached hydrogens (tertiary/aromatic N) is 2. The van der Waals surface area contributed by atoms with Crippen LogP contribution < -0.4 is 5.32 Å². The van der Waals surface area contributed by atoms with Crippen LogP contribution in [0.5, 0.6) is 0 Å². The highest BCUT2D eigenvalue weighted by Crippen LogP contribution is 2.23. The molecule has 1 N–H and O–H groups in total. The summed E-state index contributed by atoms with van der Waals surface area (Å²) in [6.45, 7) is 13.2. The predicted octanol–water partition coefficient (Wildman–Crippen LogP) is 2.64. The maximum atomic E-state index is 9.30. The van der Waals surface area contributed by atoms with Gasteiger partial charge in [0.2, 0.25) is 0 Å². The van der Waals surface area contributed by atoms with E-state index in [9.17, 15) is 5.26 Å². The van der Waals surface area contributed by atoms with Gasteiger partial charge in [-0.25, -0.2) is 0 Å². The van der Waals surface area contributed by atoms with Crippen molar-refractivity contribution in [1.82, 2.24) is 10.2 Å². The first kappa shape index (κ1) is 15.5. The largest absolute Gasteiger partial charge is 0.303 e. The summed E-state index contributed by atoms with van der Waals surface area (Å²) in [4.78, 5) is 2.52. The van der Waals surface area contributed by atoms with E-state index in [1.807, 2.05) is 6.92 Å². The monoisotopic (exact) mass is 251 g/mol. The molecule has 0 radical (unpaired) electrons. The number of hydrogen-bond acceptors (Lipinski definition) is 3. The molecular weight excluding hydrogens is 222 g/mol. The molecule has 1 saturated heterocycles. The van der Waals surface area contributed by atoms with Crippen molar-refractivity contribution in [2.24, 2.45) is 11.8 Å². The predicted molar refractivity (Wildman–Crippen MR) is 76.3 cm³/mol. The van der Waals surface area contributed by atoms with E-state index in [4.69, 9.17) is 0 Å². The van der Waals surface area contributed by atoms with Crippen molar-refractivity contribution in [3.05, 3.63) is 0 Å². The van der Waals surface area contributed by atoms with Gasteiger partial charge < -0.3 is 4.90 Å². The molecule has 1 rings (SSSR count). The van der Waals surface area contributed by atoms with E-state index in [0.717, 1.165) is 37.8 Å². The summed E-state index contributed by atoms with van der Waals surface area (Å²) < 4.78 is 0. The molecule has 3 heteroatoms. The van der Waals surface area contributed by atoms with Crippen LogP contribution in [0.1, 0.15) is 47.0 Å². The van der Waals surface area contributed by atoms with Gasteiger partial charge in [0, 0.05) is 13.1 Å². The molecule has 18 heavy (non-hydrogen) atoms. The molecule has 1 aliphatic heterocycles. The van der Waals surface area contributed by atoms with Crippen LogP contribution in [0.2, 0.25) is 0 Å². The number of hydrogen-bond donors (Lipinski definition) is 1. The van der Waals surface area contributed by atoms with Crippen LogP contribution in [-0.4, -0.2) is 36.6 Å². The highest BCUT2D eigenvalue weighted by Gasteiger charge is 2.27. The molecule has 0 aromatic carbocycles. The van der Waals surface area contributed by atoms with Crippen LogP contribution in [0, 0.1) is 23.2 Å². The lowest BCUT2D eigenvalue weighted by atomic mass is 9.88. The summed E-state index contributed by atoms with van der Waals surface area (Å²) in [5.74, 6) is 1.64. The quantitative estimate of drug-likeness (QED) is 0.789. The molecule has 1 fully saturated rings. The van der Waals surface area contributed by atoms with E-state index in [-0.39, 0.29) is 5.54 Å². The second kappa shape index (κ2) is 7.11. The Hall–Kier alpha value is -0.590. The molecule has 0 saturated carbocycles. The van der Waals surface area contributed by atoms with E-state index in [0.29, 0.717) is 0 Å². The normalized spacial score (nSPS) is 28.6. The Labute approximate surface area is 113 Å². The Bertz CT molecular complexity index is 284. The molecule has 1 aliphatic rings. The smallest absolute Gasteiger partial charge is 0.105 e. The van der Waals surface area contributed by atoms with Gasteiger partial charge in [-0.3, -0.25) is 5.32 Å². The Balaban J connectivity index is 2.37. The molecule has 0 aliphatic carbocycles. The van der Waals surface area contributed by atoms with Gasteiger partial charge in [0.25, 0.3) is 0 Å². The lowest BCUT2D eigenvalue weighted by molar-refractivity contribution is 0.130. The third-order valence-corrected chi connectivity index (χ3v) is 4.36. The zero-order valence-corrected chi connectivity index (χ0v) is 12.5. The summed E-state index contributed by atoms with van der Waals surface area (Å²) in [6, 6.07) is 2.44. The molecule has 0 amide bonds. The summed E-state index contributed by atoms with van der Waals surface area (Å²) >= 11 is 0. The van der Waals surface area contributed by atoms with Crippen molar-refractivity contribution in [2.45, 2.75) is 52.5 Å². The van der Waals surface area contributed by atoms with Gasteiger partial charge in [-0.1, -0.05) is 20.8 Å². The standard InChI is InChI=1S/C15H29N3/c1-5-8-17-15(4,12-16)7-10-18-9-6-13(2)14(3)11-18/h13-14,17H,5-11H2,1-4H3. The van der Waals surface area contributed by atoms with Gasteiger partial charge in [-0.2, -0.15) is 5.26 Å². The number of likely N-dealkylation sites (tertiary alicyclic amines) is 1. The van der Waals surface area contributed by atoms with Gasteiger partial charge in [0.15, 0.2) is 0 Å². The van der Waals surface area contributed by atoms with Crippen LogP contribution in [0.15, 0.2) is 0 Å². The molecule has 3 nitrogen and oxygen atoms in total. The van der Waals surface area contributed by atoms with E-state index >= 15 is 0 Å². The minimum Gasteiger partial charge on any atom is -0.303 e. The van der Waals surface area contributed by atoms with Crippen LogP contribution in [0.25, 0.3) is 0 Å². The van der Waals surface area contributed by atoms with Crippen molar-refractivity contribution in [3.8, 4) is 6.07 Å². The van der Waals surface area contributed by atoms with Gasteiger partial charge in [0.05, 0.1) is 6.07 Å². The average Bonchev–Trinajstić information content (AvgIpc) is 2.38. The number of piperidine rings is 1. The third kappa shape index (κ3) is 4.59. The van der Waals surface area contributed by atoms with E-state index in [2.05, 4.69) is 37.1 Å². The summed E-state index contributed by atoms with van der Waals surface area (Å²) in [5, 5.41) is 12.7. The molecule has 0 aromatic heterocycles. The van der Waals surface area contributed by atoms with E-state index in [1.54, 1.807) is 0 Å². The lowest BCUT2D eigenvalue weighted by Gasteiger charge is -2.36. The maximum absolute atomic E-state index is 9.30. The fraction of sp³-hybridized carbons (Fsp3) is 0.933. The number of rotatable bonds is 6. The van der Waals surface area contributed by atoms with E-state index in [1.165, 1.54) is 19.5 Å². The van der Waals surface area contributed by atoms with Crippen molar-refractivity contribution in [2.75, 3.05) is 26.2 Å². The molecular formula is C15H29N3. The molecule has 3 unspecified atom stereocenters. The molecule has 0 spiro atoms. The Morgan fingerprint density at radius 2 is 2.11 bits per heavy atom. The maximum Gasteiger partial charge on any atom is 0.105 e. The zero-order valence-electron chi connectivity index (χ0n) is 12.5. The van der Waals surface area contributed by atoms with Crippen molar-refractivity contribution < 1.29 is 0 Å². The lowest BCUT2D eigenvalue weighted by Crippen LogP contribution is -2.46. The Morgan fingerprint density at radius 1 is 1.39 bits per heavy atom. The third-order valence-electron chi connectivity index (χ3n) is 4.36. The summed E-state index contributed by atoms with van der Waals surface area (Å²) in [7, 11) is 0. The van der Waals surface area contributed by atoms with Crippen molar-refractivity contribution >= 4 is 0 Å². The van der Waals surface area contributed by atoms with Gasteiger partial charge in [-0.05, 0) is 51.1 Å². The van der Waals surface area contributed by atoms with E-state index < -0.39 is 0 Å². The summed E-state index contributed by atoms with van der Waals surface area (Å²) in [6.07, 6.45) is 3.30. The van der Waals surface area contributed by atoms with Gasteiger partial charge >= 0.3 is 0 Å². The second-order valence-corrected chi connectivity index (χ2v) is 6.16. The molecule has 3 atom stereocenters. The molecule has 1 heterocycles. The highest BCUT2D eigenvalue weighted by atomic mass is 15.1. The van der Waals surface area contributed by atoms with Gasteiger partial charge in [0.1, 0.15) is 5.54 Å². The number of nitriles is 1. The van der Waals surface area contributed by atoms with Gasteiger partial charge in [-0.15, -0.1) is 0 Å². The fourth-order valence-corrected chi connectivity index (χ4v) is 2.52. The molecule has 0 aromatic rings. The van der Waals surface area contributed by atoms with Crippen molar-refractivity contribution in [1.29, 1.82) is 5.26 Å². The van der Waals surface area contributed by atoms with Crippen LogP contribution in [0.4, 0.5) is 0 Å². The minimum atomic E-state index is -0.359. The summed E-state index contributed by atoms with van der Waals surface area (Å²) in [5.41, 5.74) is -0.359. The Kier molecular flexibility index (Phi) is 6.11. The van der Waals surface area contributed by atoms with Crippen LogP contribution in [0.3, 0.4) is 0 Å². The fourth-order valence-electron chi connectivity index (χ4n) is 2.52. The second-order valence-electron chi connectivity index (χ2n) is 6.16. The molecule has 104 valence electrons. The topological polar surface area (TPSA) is 39.1 Å². The first-order valence-electron chi connectivity index (χ1n) is 7.39. The number of nitrogens with one attached hydrogen (secondary N) is 1. The first-order valence-corrected chi connectivity index (χ1v) is 7.39. The molecule has 0 bridgehead atoms. The van der Waals surface area contributed by atoms with Crippen LogP contribution in [-0.2, 0) is 0 Å². The highest BCUT2D eigenvalue weighted by molar-refractivity contribution is 5.04. The van der Waals surface area contributed by atoms with Crippen LogP contribution >= 0.6 is 0 Å². The minimum absolute atomic E-state index is 0.359.